The summed E-state index contributed by atoms with van der Waals surface area (Å²) in [4.78, 5) is 18.8. The van der Waals surface area contributed by atoms with Crippen LogP contribution >= 0.6 is 23.4 Å². The fourth-order valence-electron chi connectivity index (χ4n) is 2.39. The summed E-state index contributed by atoms with van der Waals surface area (Å²) in [5.74, 6) is -0.0108. The van der Waals surface area contributed by atoms with Crippen LogP contribution < -0.4 is 4.90 Å². The molecule has 0 spiro atoms. The first kappa shape index (κ1) is 17.7. The Kier molecular flexibility index (Phi) is 5.25. The van der Waals surface area contributed by atoms with E-state index < -0.39 is 5.82 Å². The molecule has 3 nitrogen and oxygen atoms in total. The van der Waals surface area contributed by atoms with Crippen molar-refractivity contribution in [3.05, 3.63) is 70.1 Å². The van der Waals surface area contributed by atoms with Crippen LogP contribution in [0.4, 0.5) is 10.1 Å². The summed E-state index contributed by atoms with van der Waals surface area (Å²) < 4.78 is 13.4. The number of hydrogen-bond acceptors (Lipinski definition) is 3. The van der Waals surface area contributed by atoms with Crippen molar-refractivity contribution in [2.75, 3.05) is 10.7 Å². The summed E-state index contributed by atoms with van der Waals surface area (Å²) in [5.41, 5.74) is 2.90. The molecule has 2 aromatic rings. The Balaban J connectivity index is 1.99. The minimum atomic E-state index is -0.519. The second-order valence-corrected chi connectivity index (χ2v) is 7.15. The topological polar surface area (TPSA) is 32.7 Å². The molecular formula is C19H16ClFN2OS. The van der Waals surface area contributed by atoms with Crippen LogP contribution in [0.25, 0.3) is 6.08 Å². The van der Waals surface area contributed by atoms with Gasteiger partial charge in [-0.15, -0.1) is 0 Å². The molecule has 0 aromatic heterocycles. The molecule has 0 saturated carbocycles. The van der Waals surface area contributed by atoms with E-state index in [9.17, 15) is 9.18 Å². The SMILES string of the molecule is CCSC1=NC(=Cc2ccc(C)cc2)C(=O)N1c1ccc(F)c(Cl)c1. The van der Waals surface area contributed by atoms with Crippen molar-refractivity contribution in [1.29, 1.82) is 0 Å². The lowest BCUT2D eigenvalue weighted by Crippen LogP contribution is -2.30. The Morgan fingerprint density at radius 3 is 2.60 bits per heavy atom. The number of benzene rings is 2. The van der Waals surface area contributed by atoms with E-state index in [1.54, 1.807) is 6.08 Å². The number of aryl methyl sites for hydroxylation is 1. The van der Waals surface area contributed by atoms with E-state index in [0.717, 1.165) is 16.9 Å². The molecule has 25 heavy (non-hydrogen) atoms. The summed E-state index contributed by atoms with van der Waals surface area (Å²) in [5, 5.41) is 0.538. The minimum Gasteiger partial charge on any atom is -0.266 e. The highest BCUT2D eigenvalue weighted by molar-refractivity contribution is 8.14. The van der Waals surface area contributed by atoms with E-state index in [1.165, 1.54) is 34.9 Å². The summed E-state index contributed by atoms with van der Waals surface area (Å²) in [7, 11) is 0. The summed E-state index contributed by atoms with van der Waals surface area (Å²) in [6.07, 6.45) is 1.75. The van der Waals surface area contributed by atoms with Crippen molar-refractivity contribution in [3.63, 3.8) is 0 Å². The van der Waals surface area contributed by atoms with Gasteiger partial charge in [-0.1, -0.05) is 60.1 Å². The standard InChI is InChI=1S/C19H16ClFN2OS/c1-3-25-19-22-17(10-13-6-4-12(2)5-7-13)18(24)23(19)14-8-9-16(21)15(20)11-14/h4-11H,3H2,1-2H3. The van der Waals surface area contributed by atoms with Gasteiger partial charge in [0, 0.05) is 0 Å². The third-order valence-corrected chi connectivity index (χ3v) is 4.76. The molecule has 128 valence electrons. The third kappa shape index (κ3) is 3.78. The van der Waals surface area contributed by atoms with Crippen molar-refractivity contribution < 1.29 is 9.18 Å². The Morgan fingerprint density at radius 2 is 1.96 bits per heavy atom. The maximum Gasteiger partial charge on any atom is 0.283 e. The van der Waals surface area contributed by atoms with Gasteiger partial charge in [0.15, 0.2) is 5.17 Å². The van der Waals surface area contributed by atoms with Crippen LogP contribution in [0.3, 0.4) is 0 Å². The molecule has 0 bridgehead atoms. The van der Waals surface area contributed by atoms with Crippen LogP contribution in [0, 0.1) is 12.7 Å². The number of aliphatic imine (C=N–C) groups is 1. The van der Waals surface area contributed by atoms with Crippen LogP contribution in [-0.2, 0) is 4.79 Å². The average Bonchev–Trinajstić information content (AvgIpc) is 2.88. The van der Waals surface area contributed by atoms with E-state index in [1.807, 2.05) is 38.1 Å². The molecule has 1 amide bonds. The predicted molar refractivity (Wildman–Crippen MR) is 104 cm³/mol. The van der Waals surface area contributed by atoms with Gasteiger partial charge in [-0.3, -0.25) is 9.69 Å². The maximum absolute atomic E-state index is 13.4. The second-order valence-electron chi connectivity index (χ2n) is 5.51. The van der Waals surface area contributed by atoms with Gasteiger partial charge in [0.2, 0.25) is 0 Å². The van der Waals surface area contributed by atoms with Crippen molar-refractivity contribution in [2.24, 2.45) is 4.99 Å². The molecule has 0 saturated heterocycles. The molecule has 0 N–H and O–H groups in total. The highest BCUT2D eigenvalue weighted by Gasteiger charge is 2.32. The maximum atomic E-state index is 13.4. The van der Waals surface area contributed by atoms with Gasteiger partial charge in [0.05, 0.1) is 10.7 Å². The number of carbonyl (C=O) groups excluding carboxylic acids is 1. The smallest absolute Gasteiger partial charge is 0.266 e. The van der Waals surface area contributed by atoms with Crippen molar-refractivity contribution in [1.82, 2.24) is 0 Å². The molecular weight excluding hydrogens is 359 g/mol. The van der Waals surface area contributed by atoms with Crippen LogP contribution in [0.5, 0.6) is 0 Å². The van der Waals surface area contributed by atoms with Gasteiger partial charge in [-0.25, -0.2) is 9.38 Å². The third-order valence-electron chi connectivity index (χ3n) is 3.65. The molecule has 2 aromatic carbocycles. The monoisotopic (exact) mass is 374 g/mol. The fraction of sp³-hybridized carbons (Fsp3) is 0.158. The number of hydrogen-bond donors (Lipinski definition) is 0. The lowest BCUT2D eigenvalue weighted by atomic mass is 10.1. The molecule has 6 heteroatoms. The zero-order valence-corrected chi connectivity index (χ0v) is 15.4. The first-order chi connectivity index (χ1) is 12.0. The number of nitrogens with zero attached hydrogens (tertiary/aromatic N) is 2. The largest absolute Gasteiger partial charge is 0.283 e. The molecule has 0 aliphatic carbocycles. The number of amides is 1. The zero-order chi connectivity index (χ0) is 18.0. The van der Waals surface area contributed by atoms with Crippen molar-refractivity contribution >= 4 is 46.2 Å². The van der Waals surface area contributed by atoms with Gasteiger partial charge < -0.3 is 0 Å². The molecule has 1 aliphatic rings. The molecule has 1 aliphatic heterocycles. The van der Waals surface area contributed by atoms with Crippen LogP contribution in [0.2, 0.25) is 5.02 Å². The number of halogens is 2. The Morgan fingerprint density at radius 1 is 1.24 bits per heavy atom. The number of rotatable bonds is 3. The Labute approximate surface area is 155 Å². The number of carbonyl (C=O) groups is 1. The molecule has 0 fully saturated rings. The highest BCUT2D eigenvalue weighted by Crippen LogP contribution is 2.31. The first-order valence-corrected chi connectivity index (χ1v) is 9.15. The minimum absolute atomic E-state index is 0.0258. The number of thioether (sulfide) groups is 1. The lowest BCUT2D eigenvalue weighted by molar-refractivity contribution is -0.113. The van der Waals surface area contributed by atoms with E-state index in [4.69, 9.17) is 11.6 Å². The average molecular weight is 375 g/mol. The molecule has 1 heterocycles. The predicted octanol–water partition coefficient (Wildman–Crippen LogP) is 5.28. The van der Waals surface area contributed by atoms with E-state index in [2.05, 4.69) is 4.99 Å². The molecule has 0 atom stereocenters. The highest BCUT2D eigenvalue weighted by atomic mass is 35.5. The normalized spacial score (nSPS) is 15.8. The zero-order valence-electron chi connectivity index (χ0n) is 13.8. The van der Waals surface area contributed by atoms with E-state index in [0.29, 0.717) is 16.6 Å². The summed E-state index contributed by atoms with van der Waals surface area (Å²) in [6.45, 7) is 3.99. The Hall–Kier alpha value is -2.11. The molecule has 0 unspecified atom stereocenters. The fourth-order valence-corrected chi connectivity index (χ4v) is 3.31. The molecule has 0 radical (unpaired) electrons. The van der Waals surface area contributed by atoms with Crippen molar-refractivity contribution in [2.45, 2.75) is 13.8 Å². The van der Waals surface area contributed by atoms with Crippen LogP contribution in [0.1, 0.15) is 18.1 Å². The van der Waals surface area contributed by atoms with Gasteiger partial charge in [0.25, 0.3) is 5.91 Å². The number of amidine groups is 1. The van der Waals surface area contributed by atoms with Gasteiger partial charge >= 0.3 is 0 Å². The Bertz CT molecular complexity index is 877. The van der Waals surface area contributed by atoms with Crippen molar-refractivity contribution in [3.8, 4) is 0 Å². The first-order valence-electron chi connectivity index (χ1n) is 7.79. The van der Waals surface area contributed by atoms with Gasteiger partial charge in [-0.2, -0.15) is 0 Å². The lowest BCUT2D eigenvalue weighted by Gasteiger charge is -2.17. The van der Waals surface area contributed by atoms with Crippen LogP contribution in [-0.4, -0.2) is 16.8 Å². The number of anilines is 1. The van der Waals surface area contributed by atoms with Crippen LogP contribution in [0.15, 0.2) is 53.2 Å². The summed E-state index contributed by atoms with van der Waals surface area (Å²) >= 11 is 7.32. The second kappa shape index (κ2) is 7.42. The van der Waals surface area contributed by atoms with Gasteiger partial charge in [-0.05, 0) is 42.5 Å². The molecule has 3 rings (SSSR count). The van der Waals surface area contributed by atoms with Gasteiger partial charge in [0.1, 0.15) is 11.5 Å². The summed E-state index contributed by atoms with van der Waals surface area (Å²) in [6, 6.07) is 12.1. The van der Waals surface area contributed by atoms with E-state index >= 15 is 0 Å². The van der Waals surface area contributed by atoms with E-state index in [-0.39, 0.29) is 10.9 Å². The quantitative estimate of drug-likeness (QED) is 0.684.